The van der Waals surface area contributed by atoms with Crippen LogP contribution in [0.3, 0.4) is 0 Å². The number of amides is 1. The van der Waals surface area contributed by atoms with Crippen LogP contribution in [0.2, 0.25) is 0 Å². The summed E-state index contributed by atoms with van der Waals surface area (Å²) in [5, 5.41) is 21.7. The van der Waals surface area contributed by atoms with Gasteiger partial charge in [-0.25, -0.2) is 0 Å². The van der Waals surface area contributed by atoms with Gasteiger partial charge < -0.3 is 20.3 Å². The molecule has 1 rings (SSSR count). The summed E-state index contributed by atoms with van der Waals surface area (Å²) in [5.74, 6) is -0.0901. The Morgan fingerprint density at radius 2 is 2.11 bits per heavy atom. The molecule has 1 atom stereocenters. The highest BCUT2D eigenvalue weighted by Gasteiger charge is 2.18. The van der Waals surface area contributed by atoms with E-state index < -0.39 is 5.60 Å². The number of phenolic OH excluding ortho intramolecular Hbond substituents is 1. The summed E-state index contributed by atoms with van der Waals surface area (Å²) in [4.78, 5) is 11.5. The summed E-state index contributed by atoms with van der Waals surface area (Å²) in [6, 6.07) is 6.43. The number of aromatic hydroxyl groups is 1. The van der Waals surface area contributed by atoms with E-state index in [1.807, 2.05) is 6.92 Å². The molecule has 1 unspecified atom stereocenters. The van der Waals surface area contributed by atoms with E-state index in [0.717, 1.165) is 0 Å². The zero-order chi connectivity index (χ0) is 13.6. The van der Waals surface area contributed by atoms with Crippen molar-refractivity contribution in [2.45, 2.75) is 25.9 Å². The summed E-state index contributed by atoms with van der Waals surface area (Å²) in [6.07, 6.45) is 0.549. The number of para-hydroxylation sites is 2. The molecule has 0 aliphatic rings. The first-order valence-electron chi connectivity index (χ1n) is 5.84. The fourth-order valence-electron chi connectivity index (χ4n) is 1.19. The zero-order valence-electron chi connectivity index (χ0n) is 10.6. The van der Waals surface area contributed by atoms with Crippen LogP contribution < -0.4 is 10.1 Å². The van der Waals surface area contributed by atoms with Crippen molar-refractivity contribution in [2.75, 3.05) is 13.2 Å². The van der Waals surface area contributed by atoms with Crippen LogP contribution in [0, 0.1) is 0 Å². The second kappa shape index (κ2) is 6.26. The highest BCUT2D eigenvalue weighted by molar-refractivity contribution is 5.77. The molecule has 0 bridgehead atoms. The molecule has 18 heavy (non-hydrogen) atoms. The van der Waals surface area contributed by atoms with E-state index >= 15 is 0 Å². The number of aliphatic hydroxyl groups is 1. The largest absolute Gasteiger partial charge is 0.504 e. The molecule has 0 radical (unpaired) electrons. The van der Waals surface area contributed by atoms with Crippen molar-refractivity contribution in [3.63, 3.8) is 0 Å². The van der Waals surface area contributed by atoms with Gasteiger partial charge in [-0.1, -0.05) is 19.1 Å². The zero-order valence-corrected chi connectivity index (χ0v) is 10.6. The average molecular weight is 253 g/mol. The summed E-state index contributed by atoms with van der Waals surface area (Å²) in [5.41, 5.74) is -0.912. The van der Waals surface area contributed by atoms with E-state index in [0.29, 0.717) is 6.42 Å². The molecule has 0 saturated carbocycles. The lowest BCUT2D eigenvalue weighted by atomic mass is 10.0. The fraction of sp³-hybridized carbons (Fsp3) is 0.462. The minimum atomic E-state index is -0.912. The lowest BCUT2D eigenvalue weighted by Crippen LogP contribution is -2.41. The first-order valence-corrected chi connectivity index (χ1v) is 5.84. The molecule has 1 aromatic rings. The van der Waals surface area contributed by atoms with Crippen molar-refractivity contribution in [1.82, 2.24) is 5.32 Å². The standard InChI is InChI=1S/C13H19NO4/c1-3-13(2,17)9-14-12(16)8-18-11-7-5-4-6-10(11)15/h4-7,15,17H,3,8-9H2,1-2H3,(H,14,16). The van der Waals surface area contributed by atoms with Gasteiger partial charge in [0.2, 0.25) is 0 Å². The van der Waals surface area contributed by atoms with Gasteiger partial charge in [-0.05, 0) is 25.5 Å². The maximum Gasteiger partial charge on any atom is 0.258 e. The van der Waals surface area contributed by atoms with E-state index in [1.54, 1.807) is 25.1 Å². The van der Waals surface area contributed by atoms with Gasteiger partial charge in [-0.2, -0.15) is 0 Å². The molecule has 0 saturated heterocycles. The van der Waals surface area contributed by atoms with Gasteiger partial charge in [0.25, 0.3) is 5.91 Å². The molecular weight excluding hydrogens is 234 g/mol. The lowest BCUT2D eigenvalue weighted by Gasteiger charge is -2.21. The van der Waals surface area contributed by atoms with Crippen LogP contribution in [-0.4, -0.2) is 34.9 Å². The third-order valence-electron chi connectivity index (χ3n) is 2.65. The van der Waals surface area contributed by atoms with Gasteiger partial charge in [0, 0.05) is 6.54 Å². The van der Waals surface area contributed by atoms with Crippen LogP contribution >= 0.6 is 0 Å². The Bertz CT molecular complexity index is 404. The molecule has 5 nitrogen and oxygen atoms in total. The highest BCUT2D eigenvalue weighted by atomic mass is 16.5. The Kier molecular flexibility index (Phi) is 4.97. The van der Waals surface area contributed by atoms with E-state index in [2.05, 4.69) is 5.32 Å². The third kappa shape index (κ3) is 4.63. The molecule has 0 aliphatic carbocycles. The number of hydrogen-bond donors (Lipinski definition) is 3. The van der Waals surface area contributed by atoms with E-state index in [1.165, 1.54) is 6.07 Å². The smallest absolute Gasteiger partial charge is 0.258 e. The van der Waals surface area contributed by atoms with Crippen molar-refractivity contribution < 1.29 is 19.7 Å². The Morgan fingerprint density at radius 3 is 2.72 bits per heavy atom. The van der Waals surface area contributed by atoms with Gasteiger partial charge in [-0.3, -0.25) is 4.79 Å². The normalized spacial score (nSPS) is 13.7. The summed E-state index contributed by atoms with van der Waals surface area (Å²) in [7, 11) is 0. The monoisotopic (exact) mass is 253 g/mol. The molecule has 100 valence electrons. The molecule has 0 fully saturated rings. The lowest BCUT2D eigenvalue weighted by molar-refractivity contribution is -0.124. The molecule has 3 N–H and O–H groups in total. The van der Waals surface area contributed by atoms with Crippen LogP contribution in [0.5, 0.6) is 11.5 Å². The van der Waals surface area contributed by atoms with E-state index in [4.69, 9.17) is 4.74 Å². The molecule has 0 heterocycles. The minimum absolute atomic E-state index is 0.00847. The molecular formula is C13H19NO4. The average Bonchev–Trinajstić information content (AvgIpc) is 2.35. The van der Waals surface area contributed by atoms with E-state index in [9.17, 15) is 15.0 Å². The van der Waals surface area contributed by atoms with Crippen LogP contribution in [0.1, 0.15) is 20.3 Å². The highest BCUT2D eigenvalue weighted by Crippen LogP contribution is 2.23. The number of phenols is 1. The summed E-state index contributed by atoms with van der Waals surface area (Å²) < 4.78 is 5.15. The maximum absolute atomic E-state index is 11.5. The quantitative estimate of drug-likeness (QED) is 0.708. The van der Waals surface area contributed by atoms with E-state index in [-0.39, 0.29) is 30.6 Å². The fourth-order valence-corrected chi connectivity index (χ4v) is 1.19. The molecule has 1 amide bonds. The van der Waals surface area contributed by atoms with Crippen LogP contribution in [0.25, 0.3) is 0 Å². The van der Waals surface area contributed by atoms with Gasteiger partial charge in [0.15, 0.2) is 18.1 Å². The van der Waals surface area contributed by atoms with Crippen molar-refractivity contribution in [3.05, 3.63) is 24.3 Å². The number of ether oxygens (including phenoxy) is 1. The number of nitrogens with one attached hydrogen (secondary N) is 1. The van der Waals surface area contributed by atoms with Gasteiger partial charge in [0.1, 0.15) is 0 Å². The topological polar surface area (TPSA) is 78.8 Å². The molecule has 5 heteroatoms. The minimum Gasteiger partial charge on any atom is -0.504 e. The molecule has 1 aromatic carbocycles. The van der Waals surface area contributed by atoms with Gasteiger partial charge in [-0.15, -0.1) is 0 Å². The van der Waals surface area contributed by atoms with Crippen molar-refractivity contribution in [2.24, 2.45) is 0 Å². The first kappa shape index (κ1) is 14.3. The molecule has 0 spiro atoms. The number of carbonyl (C=O) groups is 1. The van der Waals surface area contributed by atoms with Crippen molar-refractivity contribution >= 4 is 5.91 Å². The number of rotatable bonds is 6. The van der Waals surface area contributed by atoms with Crippen LogP contribution in [0.4, 0.5) is 0 Å². The SMILES string of the molecule is CCC(C)(O)CNC(=O)COc1ccccc1O. The second-order valence-corrected chi connectivity index (χ2v) is 4.38. The number of hydrogen-bond acceptors (Lipinski definition) is 4. The predicted octanol–water partition coefficient (Wildman–Crippen LogP) is 1.05. The Hall–Kier alpha value is -1.75. The Labute approximate surface area is 106 Å². The predicted molar refractivity (Wildman–Crippen MR) is 67.5 cm³/mol. The molecule has 0 aromatic heterocycles. The number of carbonyl (C=O) groups excluding carboxylic acids is 1. The van der Waals surface area contributed by atoms with Crippen LogP contribution in [-0.2, 0) is 4.79 Å². The van der Waals surface area contributed by atoms with Gasteiger partial charge in [0.05, 0.1) is 5.60 Å². The van der Waals surface area contributed by atoms with Gasteiger partial charge >= 0.3 is 0 Å². The Balaban J connectivity index is 2.36. The summed E-state index contributed by atoms with van der Waals surface area (Å²) >= 11 is 0. The van der Waals surface area contributed by atoms with Crippen molar-refractivity contribution in [3.8, 4) is 11.5 Å². The van der Waals surface area contributed by atoms with Crippen LogP contribution in [0.15, 0.2) is 24.3 Å². The maximum atomic E-state index is 11.5. The first-order chi connectivity index (χ1) is 8.44. The van der Waals surface area contributed by atoms with Crippen molar-refractivity contribution in [1.29, 1.82) is 0 Å². The summed E-state index contributed by atoms with van der Waals surface area (Å²) in [6.45, 7) is 3.46. The number of benzene rings is 1. The second-order valence-electron chi connectivity index (χ2n) is 4.38. The third-order valence-corrected chi connectivity index (χ3v) is 2.65. The Morgan fingerprint density at radius 1 is 1.44 bits per heavy atom. The molecule has 0 aliphatic heterocycles.